The van der Waals surface area contributed by atoms with Gasteiger partial charge in [-0.3, -0.25) is 0 Å². The van der Waals surface area contributed by atoms with Crippen molar-refractivity contribution in [2.45, 2.75) is 25.6 Å². The first-order valence-corrected chi connectivity index (χ1v) is 7.00. The number of hydrogen-bond acceptors (Lipinski definition) is 2. The van der Waals surface area contributed by atoms with E-state index in [-0.39, 0.29) is 5.88 Å². The van der Waals surface area contributed by atoms with Crippen LogP contribution in [0.25, 0.3) is 0 Å². The molecule has 0 fully saturated rings. The van der Waals surface area contributed by atoms with Crippen LogP contribution in [0.5, 0.6) is 11.6 Å². The normalized spacial score (nSPS) is 10.8. The first-order chi connectivity index (χ1) is 9.10. The van der Waals surface area contributed by atoms with Gasteiger partial charge < -0.3 is 4.74 Å². The van der Waals surface area contributed by atoms with Crippen molar-refractivity contribution < 1.29 is 4.74 Å². The second-order valence-electron chi connectivity index (χ2n) is 4.54. The molecule has 1 heterocycles. The Balaban J connectivity index is 2.16. The van der Waals surface area contributed by atoms with Crippen LogP contribution in [-0.2, 0) is 5.88 Å². The van der Waals surface area contributed by atoms with Crippen LogP contribution in [0.4, 0.5) is 0 Å². The number of benzene rings is 1. The predicted octanol–water partition coefficient (Wildman–Crippen LogP) is 5.39. The van der Waals surface area contributed by atoms with E-state index in [2.05, 4.69) is 31.0 Å². The van der Waals surface area contributed by atoms with Crippen molar-refractivity contribution in [2.24, 2.45) is 0 Å². The van der Waals surface area contributed by atoms with Crippen LogP contribution in [0.3, 0.4) is 0 Å². The Morgan fingerprint density at radius 1 is 1.11 bits per heavy atom. The molecular formula is C15H15Cl2NO. The number of pyridine rings is 1. The quantitative estimate of drug-likeness (QED) is 0.706. The van der Waals surface area contributed by atoms with Crippen LogP contribution >= 0.6 is 23.2 Å². The van der Waals surface area contributed by atoms with E-state index < -0.39 is 0 Å². The van der Waals surface area contributed by atoms with Gasteiger partial charge in [0.2, 0.25) is 5.88 Å². The average molecular weight is 296 g/mol. The maximum atomic E-state index is 5.95. The topological polar surface area (TPSA) is 22.1 Å². The molecule has 0 amide bonds. The SMILES string of the molecule is CC(C)c1ccc(Oc2ccc(Cl)c(CCl)n2)cc1. The highest BCUT2D eigenvalue weighted by molar-refractivity contribution is 6.32. The van der Waals surface area contributed by atoms with Crippen LogP contribution in [0, 0.1) is 0 Å². The third-order valence-corrected chi connectivity index (χ3v) is 3.39. The van der Waals surface area contributed by atoms with Gasteiger partial charge >= 0.3 is 0 Å². The summed E-state index contributed by atoms with van der Waals surface area (Å²) < 4.78 is 5.68. The van der Waals surface area contributed by atoms with E-state index in [1.54, 1.807) is 12.1 Å². The zero-order valence-corrected chi connectivity index (χ0v) is 12.4. The van der Waals surface area contributed by atoms with Gasteiger partial charge in [-0.05, 0) is 29.7 Å². The zero-order valence-electron chi connectivity index (χ0n) is 10.9. The van der Waals surface area contributed by atoms with Crippen molar-refractivity contribution in [3.63, 3.8) is 0 Å². The molecule has 0 aliphatic rings. The Bertz CT molecular complexity index is 553. The molecule has 0 saturated heterocycles. The summed E-state index contributed by atoms with van der Waals surface area (Å²) in [5, 5.41) is 0.553. The highest BCUT2D eigenvalue weighted by Crippen LogP contribution is 2.25. The third kappa shape index (κ3) is 3.62. The van der Waals surface area contributed by atoms with E-state index in [0.29, 0.717) is 22.5 Å². The average Bonchev–Trinajstić information content (AvgIpc) is 2.41. The molecule has 0 spiro atoms. The molecular weight excluding hydrogens is 281 g/mol. The Hall–Kier alpha value is -1.25. The number of nitrogens with zero attached hydrogens (tertiary/aromatic N) is 1. The summed E-state index contributed by atoms with van der Waals surface area (Å²) in [4.78, 5) is 4.26. The van der Waals surface area contributed by atoms with Crippen LogP contribution in [0.1, 0.15) is 31.0 Å². The molecule has 2 aromatic rings. The summed E-state index contributed by atoms with van der Waals surface area (Å²) in [5.74, 6) is 2.02. The van der Waals surface area contributed by atoms with Crippen LogP contribution in [0.15, 0.2) is 36.4 Å². The van der Waals surface area contributed by atoms with Gasteiger partial charge in [-0.1, -0.05) is 37.6 Å². The maximum absolute atomic E-state index is 5.95. The molecule has 0 saturated carbocycles. The Kier molecular flexibility index (Phi) is 4.67. The second-order valence-corrected chi connectivity index (χ2v) is 5.21. The third-order valence-electron chi connectivity index (χ3n) is 2.79. The van der Waals surface area contributed by atoms with Gasteiger partial charge in [0.25, 0.3) is 0 Å². The molecule has 2 rings (SSSR count). The number of hydrogen-bond donors (Lipinski definition) is 0. The number of rotatable bonds is 4. The smallest absolute Gasteiger partial charge is 0.219 e. The van der Waals surface area contributed by atoms with E-state index in [9.17, 15) is 0 Å². The first-order valence-electron chi connectivity index (χ1n) is 6.09. The molecule has 0 atom stereocenters. The first kappa shape index (κ1) is 14.2. The molecule has 100 valence electrons. The molecule has 0 aliphatic heterocycles. The summed E-state index contributed by atoms with van der Waals surface area (Å²) in [6.45, 7) is 4.31. The van der Waals surface area contributed by atoms with Crippen molar-refractivity contribution in [3.05, 3.63) is 52.7 Å². The van der Waals surface area contributed by atoms with Gasteiger partial charge in [-0.2, -0.15) is 0 Å². The molecule has 0 unspecified atom stereocenters. The highest BCUT2D eigenvalue weighted by Gasteiger charge is 2.05. The molecule has 1 aromatic carbocycles. The Labute approximate surface area is 123 Å². The van der Waals surface area contributed by atoms with Gasteiger partial charge in [-0.25, -0.2) is 4.98 Å². The predicted molar refractivity (Wildman–Crippen MR) is 79.4 cm³/mol. The second kappa shape index (κ2) is 6.27. The molecule has 0 bridgehead atoms. The zero-order chi connectivity index (χ0) is 13.8. The van der Waals surface area contributed by atoms with Crippen molar-refractivity contribution >= 4 is 23.2 Å². The van der Waals surface area contributed by atoms with Gasteiger partial charge in [0.15, 0.2) is 0 Å². The molecule has 0 aliphatic carbocycles. The van der Waals surface area contributed by atoms with Crippen molar-refractivity contribution in [1.29, 1.82) is 0 Å². The molecule has 0 N–H and O–H groups in total. The molecule has 1 aromatic heterocycles. The fourth-order valence-corrected chi connectivity index (χ4v) is 2.10. The monoisotopic (exact) mass is 295 g/mol. The number of aromatic nitrogens is 1. The van der Waals surface area contributed by atoms with Gasteiger partial charge in [0.1, 0.15) is 5.75 Å². The van der Waals surface area contributed by atoms with Gasteiger partial charge in [0, 0.05) is 6.07 Å². The number of ether oxygens (including phenoxy) is 1. The summed E-state index contributed by atoms with van der Waals surface area (Å²) >= 11 is 11.7. The number of alkyl halides is 1. The van der Waals surface area contributed by atoms with Crippen LogP contribution < -0.4 is 4.74 Å². The minimum atomic E-state index is 0.266. The van der Waals surface area contributed by atoms with E-state index in [1.165, 1.54) is 5.56 Å². The van der Waals surface area contributed by atoms with E-state index in [1.807, 2.05) is 12.1 Å². The van der Waals surface area contributed by atoms with Crippen molar-refractivity contribution in [1.82, 2.24) is 4.98 Å². The lowest BCUT2D eigenvalue weighted by molar-refractivity contribution is 0.461. The van der Waals surface area contributed by atoms with Gasteiger partial charge in [0.05, 0.1) is 16.6 Å². The Morgan fingerprint density at radius 3 is 2.37 bits per heavy atom. The standard InChI is InChI=1S/C15H15Cl2NO/c1-10(2)11-3-5-12(6-4-11)19-15-8-7-13(17)14(9-16)18-15/h3-8,10H,9H2,1-2H3. The summed E-state index contributed by atoms with van der Waals surface area (Å²) in [7, 11) is 0. The lowest BCUT2D eigenvalue weighted by Crippen LogP contribution is -1.93. The molecule has 2 nitrogen and oxygen atoms in total. The fourth-order valence-electron chi connectivity index (χ4n) is 1.66. The molecule has 0 radical (unpaired) electrons. The fraction of sp³-hybridized carbons (Fsp3) is 0.267. The summed E-state index contributed by atoms with van der Waals surface area (Å²) in [5.41, 5.74) is 1.90. The largest absolute Gasteiger partial charge is 0.439 e. The summed E-state index contributed by atoms with van der Waals surface area (Å²) in [6.07, 6.45) is 0. The highest BCUT2D eigenvalue weighted by atomic mass is 35.5. The van der Waals surface area contributed by atoms with E-state index in [0.717, 1.165) is 5.75 Å². The minimum absolute atomic E-state index is 0.266. The number of halogens is 2. The van der Waals surface area contributed by atoms with E-state index in [4.69, 9.17) is 27.9 Å². The summed E-state index contributed by atoms with van der Waals surface area (Å²) in [6, 6.07) is 11.5. The molecule has 19 heavy (non-hydrogen) atoms. The van der Waals surface area contributed by atoms with Gasteiger partial charge in [-0.15, -0.1) is 11.6 Å². The molecule has 4 heteroatoms. The van der Waals surface area contributed by atoms with Crippen LogP contribution in [-0.4, -0.2) is 4.98 Å². The van der Waals surface area contributed by atoms with Crippen molar-refractivity contribution in [2.75, 3.05) is 0 Å². The van der Waals surface area contributed by atoms with Crippen molar-refractivity contribution in [3.8, 4) is 11.6 Å². The Morgan fingerprint density at radius 2 is 1.79 bits per heavy atom. The minimum Gasteiger partial charge on any atom is -0.439 e. The lowest BCUT2D eigenvalue weighted by Gasteiger charge is -2.09. The van der Waals surface area contributed by atoms with Crippen LogP contribution in [0.2, 0.25) is 5.02 Å². The maximum Gasteiger partial charge on any atom is 0.219 e. The van der Waals surface area contributed by atoms with E-state index >= 15 is 0 Å². The lowest BCUT2D eigenvalue weighted by atomic mass is 10.0.